The van der Waals surface area contributed by atoms with Crippen LogP contribution in [0.3, 0.4) is 0 Å². The van der Waals surface area contributed by atoms with Gasteiger partial charge in [-0.1, -0.05) is 72.3 Å². The summed E-state index contributed by atoms with van der Waals surface area (Å²) >= 11 is 0. The minimum absolute atomic E-state index is 0.103. The number of nitrogens with one attached hydrogen (secondary N) is 2. The van der Waals surface area contributed by atoms with Crippen LogP contribution in [-0.2, 0) is 16.1 Å². The molecule has 5 rings (SSSR count). The average molecular weight is 525 g/mol. The van der Waals surface area contributed by atoms with Gasteiger partial charge >= 0.3 is 11.7 Å². The third-order valence-electron chi connectivity index (χ3n) is 6.76. The minimum atomic E-state index is -1.13. The summed E-state index contributed by atoms with van der Waals surface area (Å²) in [4.78, 5) is 43.1. The molecule has 0 saturated carbocycles. The summed E-state index contributed by atoms with van der Waals surface area (Å²) in [5.74, 6) is -2.52. The van der Waals surface area contributed by atoms with Crippen LogP contribution in [0.2, 0.25) is 0 Å². The van der Waals surface area contributed by atoms with Crippen LogP contribution in [0.4, 0.5) is 0 Å². The van der Waals surface area contributed by atoms with Gasteiger partial charge in [0.2, 0.25) is 12.4 Å². The van der Waals surface area contributed by atoms with E-state index in [0.717, 1.165) is 22.2 Å². The molecular formula is C30H28N4O5. The first-order valence-corrected chi connectivity index (χ1v) is 12.7. The van der Waals surface area contributed by atoms with Crippen LogP contribution in [0.5, 0.6) is 5.88 Å². The van der Waals surface area contributed by atoms with Crippen molar-refractivity contribution in [2.45, 2.75) is 32.4 Å². The number of hydrogen-bond acceptors (Lipinski definition) is 5. The van der Waals surface area contributed by atoms with Crippen molar-refractivity contribution in [1.29, 1.82) is 0 Å². The van der Waals surface area contributed by atoms with Gasteiger partial charge in [0, 0.05) is 5.56 Å². The lowest BCUT2D eigenvalue weighted by atomic mass is 9.85. The molecule has 0 aliphatic carbocycles. The lowest BCUT2D eigenvalue weighted by molar-refractivity contribution is -0.663. The van der Waals surface area contributed by atoms with E-state index >= 15 is 0 Å². The quantitative estimate of drug-likeness (QED) is 0.239. The monoisotopic (exact) mass is 524 g/mol. The molecule has 2 aromatic heterocycles. The lowest BCUT2D eigenvalue weighted by Crippen LogP contribution is -2.37. The number of esters is 1. The fraction of sp³-hybridized carbons (Fsp3) is 0.200. The van der Waals surface area contributed by atoms with E-state index in [1.807, 2.05) is 84.5 Å². The summed E-state index contributed by atoms with van der Waals surface area (Å²) in [6.45, 7) is 4.25. The maximum atomic E-state index is 13.8. The fourth-order valence-corrected chi connectivity index (χ4v) is 5.00. The Morgan fingerprint density at radius 2 is 1.67 bits per heavy atom. The second kappa shape index (κ2) is 10.8. The smallest absolute Gasteiger partial charge is 0.352 e. The lowest BCUT2D eigenvalue weighted by Gasteiger charge is -2.27. The first-order chi connectivity index (χ1) is 18.9. The first kappa shape index (κ1) is 25.7. The summed E-state index contributed by atoms with van der Waals surface area (Å²) < 4.78 is 9.30. The molecule has 9 nitrogen and oxygen atoms in total. The molecule has 0 aliphatic heterocycles. The zero-order valence-electron chi connectivity index (χ0n) is 21.6. The number of ether oxygens (including phenoxy) is 1. The molecule has 39 heavy (non-hydrogen) atoms. The normalized spacial score (nSPS) is 12.8. The van der Waals surface area contributed by atoms with Gasteiger partial charge in [-0.2, -0.15) is 0 Å². The number of rotatable bonds is 8. The number of para-hydroxylation sites is 2. The third kappa shape index (κ3) is 5.11. The van der Waals surface area contributed by atoms with E-state index in [9.17, 15) is 19.5 Å². The van der Waals surface area contributed by atoms with Crippen molar-refractivity contribution in [2.24, 2.45) is 0 Å². The Labute approximate surface area is 224 Å². The van der Waals surface area contributed by atoms with Crippen LogP contribution >= 0.6 is 0 Å². The highest BCUT2D eigenvalue weighted by molar-refractivity contribution is 5.81. The van der Waals surface area contributed by atoms with E-state index in [2.05, 4.69) is 9.97 Å². The maximum absolute atomic E-state index is 13.8. The number of H-pyrrole nitrogens is 2. The van der Waals surface area contributed by atoms with E-state index in [4.69, 9.17) is 4.74 Å². The molecule has 2 N–H and O–H groups in total. The first-order valence-electron chi connectivity index (χ1n) is 12.7. The van der Waals surface area contributed by atoms with Crippen molar-refractivity contribution in [3.8, 4) is 5.88 Å². The third-order valence-corrected chi connectivity index (χ3v) is 6.76. The summed E-state index contributed by atoms with van der Waals surface area (Å²) in [5, 5.41) is 13.1. The Balaban J connectivity index is 1.79. The van der Waals surface area contributed by atoms with Crippen molar-refractivity contribution >= 4 is 17.0 Å². The number of fused-ring (bicyclic) bond motifs is 1. The number of carbonyl (C=O) groups is 1. The van der Waals surface area contributed by atoms with Crippen molar-refractivity contribution in [2.75, 3.05) is 6.61 Å². The average Bonchev–Trinajstić information content (AvgIpc) is 3.26. The van der Waals surface area contributed by atoms with Crippen molar-refractivity contribution in [3.05, 3.63) is 128 Å². The molecule has 3 aromatic carbocycles. The highest BCUT2D eigenvalue weighted by Crippen LogP contribution is 2.38. The molecule has 2 atom stereocenters. The number of carbonyl (C=O) groups excluding carboxylic acids is 1. The summed E-state index contributed by atoms with van der Waals surface area (Å²) in [6.07, 6.45) is 1.81. The van der Waals surface area contributed by atoms with Crippen LogP contribution in [0.25, 0.3) is 11.0 Å². The van der Waals surface area contributed by atoms with Gasteiger partial charge < -0.3 is 14.8 Å². The van der Waals surface area contributed by atoms with Gasteiger partial charge in [0.05, 0.1) is 12.5 Å². The molecule has 5 aromatic rings. The predicted molar refractivity (Wildman–Crippen MR) is 143 cm³/mol. The molecule has 0 radical (unpaired) electrons. The second-order valence-corrected chi connectivity index (χ2v) is 9.36. The highest BCUT2D eigenvalue weighted by Gasteiger charge is 2.41. The van der Waals surface area contributed by atoms with Crippen molar-refractivity contribution in [1.82, 2.24) is 14.5 Å². The van der Waals surface area contributed by atoms with Gasteiger partial charge in [0.1, 0.15) is 6.54 Å². The van der Waals surface area contributed by atoms with Gasteiger partial charge in [0.25, 0.3) is 5.56 Å². The number of aromatic nitrogens is 4. The van der Waals surface area contributed by atoms with Crippen molar-refractivity contribution < 1.29 is 19.2 Å². The number of hydrogen-bond donors (Lipinski definition) is 2. The predicted octanol–water partition coefficient (Wildman–Crippen LogP) is 2.67. The SMILES string of the molecule is CCOC(=O)C(C(c1ccc(C)cc1)c1c([O-])[nH]c(=O)[nH]c1=O)n1c[n+](Cc2ccccc2)c2ccccc21. The molecule has 0 spiro atoms. The molecule has 9 heteroatoms. The minimum Gasteiger partial charge on any atom is -0.860 e. The molecule has 0 saturated heterocycles. The summed E-state index contributed by atoms with van der Waals surface area (Å²) in [7, 11) is 0. The highest BCUT2D eigenvalue weighted by atomic mass is 16.5. The topological polar surface area (TPSA) is 124 Å². The van der Waals surface area contributed by atoms with E-state index in [0.29, 0.717) is 12.1 Å². The summed E-state index contributed by atoms with van der Waals surface area (Å²) in [5.41, 5.74) is 2.16. The molecule has 0 amide bonds. The standard InChI is InChI=1S/C30H28N4O5/c1-3-39-29(37)26(24(21-15-13-19(2)14-16-21)25-27(35)31-30(38)32-28(25)36)34-18-33(17-20-9-5-4-6-10-20)22-11-7-8-12-23(22)34/h4-16,18,24,26H,3,17H2,1-2H3,(H2-,31,32,35,36,38). The maximum Gasteiger partial charge on any atom is 0.352 e. The number of aromatic amines is 2. The van der Waals surface area contributed by atoms with Crippen molar-refractivity contribution in [3.63, 3.8) is 0 Å². The van der Waals surface area contributed by atoms with Crippen LogP contribution in [0, 0.1) is 6.92 Å². The van der Waals surface area contributed by atoms with E-state index < -0.39 is 35.1 Å². The fourth-order valence-electron chi connectivity index (χ4n) is 5.00. The van der Waals surface area contributed by atoms with E-state index in [1.165, 1.54) is 0 Å². The van der Waals surface area contributed by atoms with Crippen LogP contribution in [0.15, 0.2) is 94.8 Å². The molecular weight excluding hydrogens is 496 g/mol. The molecule has 0 fully saturated rings. The van der Waals surface area contributed by atoms with Crippen LogP contribution in [0.1, 0.15) is 41.1 Å². The zero-order valence-corrected chi connectivity index (χ0v) is 21.6. The largest absolute Gasteiger partial charge is 0.860 e. The number of aryl methyl sites for hydroxylation is 1. The molecule has 2 unspecified atom stereocenters. The molecule has 0 bridgehead atoms. The van der Waals surface area contributed by atoms with Gasteiger partial charge in [0.15, 0.2) is 11.0 Å². The van der Waals surface area contributed by atoms with E-state index in [-0.39, 0.29) is 12.2 Å². The Bertz CT molecular complexity index is 1740. The van der Waals surface area contributed by atoms with Crippen LogP contribution < -0.4 is 20.9 Å². The van der Waals surface area contributed by atoms with Gasteiger partial charge in [-0.3, -0.25) is 9.78 Å². The Morgan fingerprint density at radius 3 is 2.36 bits per heavy atom. The van der Waals surface area contributed by atoms with Gasteiger partial charge in [-0.15, -0.1) is 0 Å². The molecule has 198 valence electrons. The summed E-state index contributed by atoms with van der Waals surface area (Å²) in [6, 6.07) is 23.6. The Morgan fingerprint density at radius 1 is 0.974 bits per heavy atom. The van der Waals surface area contributed by atoms with Gasteiger partial charge in [-0.05, 0) is 43.0 Å². The molecule has 2 heterocycles. The van der Waals surface area contributed by atoms with Gasteiger partial charge in [-0.25, -0.2) is 18.7 Å². The van der Waals surface area contributed by atoms with Crippen LogP contribution in [-0.4, -0.2) is 27.1 Å². The second-order valence-electron chi connectivity index (χ2n) is 9.36. The zero-order chi connectivity index (χ0) is 27.5. The number of nitrogens with zero attached hydrogens (tertiary/aromatic N) is 2. The molecule has 0 aliphatic rings. The Hall–Kier alpha value is -4.92. The van der Waals surface area contributed by atoms with E-state index in [1.54, 1.807) is 23.6 Å². The number of benzene rings is 3. The number of imidazole rings is 1. The Kier molecular flexibility index (Phi) is 7.14.